The first-order chi connectivity index (χ1) is 15.7. The number of amides is 2. The molecule has 3 rings (SSSR count). The Labute approximate surface area is 188 Å². The molecule has 0 saturated carbocycles. The smallest absolute Gasteiger partial charge is 0.322 e. The van der Waals surface area contributed by atoms with Gasteiger partial charge in [-0.05, 0) is 48.9 Å². The number of carbonyl (C=O) groups excluding carboxylic acids is 2. The van der Waals surface area contributed by atoms with Gasteiger partial charge in [0.25, 0.3) is 11.8 Å². The van der Waals surface area contributed by atoms with Crippen molar-refractivity contribution in [3.8, 4) is 11.8 Å². The molecule has 0 aliphatic rings. The van der Waals surface area contributed by atoms with Crippen molar-refractivity contribution in [1.82, 2.24) is 4.98 Å². The molecule has 0 aliphatic heterocycles. The van der Waals surface area contributed by atoms with Crippen molar-refractivity contribution < 1.29 is 22.8 Å². The largest absolute Gasteiger partial charge is 0.416 e. The van der Waals surface area contributed by atoms with Crippen LogP contribution in [0.5, 0.6) is 0 Å². The molecule has 0 atom stereocenters. The van der Waals surface area contributed by atoms with Gasteiger partial charge < -0.3 is 16.4 Å². The van der Waals surface area contributed by atoms with Crippen LogP contribution in [0.2, 0.25) is 0 Å². The third-order valence-electron chi connectivity index (χ3n) is 4.52. The number of nitrogens with zero attached hydrogens (tertiary/aromatic N) is 1. The molecular weight excluding hydrogens is 433 g/mol. The molecule has 2 amide bonds. The van der Waals surface area contributed by atoms with Crippen LogP contribution < -0.4 is 16.4 Å². The van der Waals surface area contributed by atoms with Crippen molar-refractivity contribution in [3.63, 3.8) is 0 Å². The molecule has 2 aromatic carbocycles. The molecule has 168 valence electrons. The monoisotopic (exact) mass is 452 g/mol. The fourth-order valence-corrected chi connectivity index (χ4v) is 2.91. The Hall–Kier alpha value is -4.16. The van der Waals surface area contributed by atoms with Crippen LogP contribution in [-0.2, 0) is 6.18 Å². The second-order valence-electron chi connectivity index (χ2n) is 6.98. The van der Waals surface area contributed by atoms with E-state index < -0.39 is 23.6 Å². The standard InChI is InChI=1S/C24H19F3N4O2/c1-15-7-8-19(30-22(32)17-5-2-6-18(11-17)24(25,26)27)12-21(15)23(33)31-20-10-16(4-3-9-28)13-29-14-20/h2,5-8,10-14H,9,28H2,1H3,(H,30,32)(H,31,33). The molecule has 0 bridgehead atoms. The number of hydrogen-bond donors (Lipinski definition) is 3. The highest BCUT2D eigenvalue weighted by Gasteiger charge is 2.30. The van der Waals surface area contributed by atoms with Gasteiger partial charge in [0.15, 0.2) is 0 Å². The van der Waals surface area contributed by atoms with Crippen molar-refractivity contribution in [2.45, 2.75) is 13.1 Å². The lowest BCUT2D eigenvalue weighted by molar-refractivity contribution is -0.137. The van der Waals surface area contributed by atoms with Gasteiger partial charge in [-0.1, -0.05) is 24.0 Å². The summed E-state index contributed by atoms with van der Waals surface area (Å²) in [4.78, 5) is 29.3. The van der Waals surface area contributed by atoms with E-state index in [2.05, 4.69) is 27.5 Å². The van der Waals surface area contributed by atoms with E-state index in [1.54, 1.807) is 25.1 Å². The minimum atomic E-state index is -4.56. The van der Waals surface area contributed by atoms with Gasteiger partial charge in [0.1, 0.15) is 0 Å². The molecule has 0 fully saturated rings. The van der Waals surface area contributed by atoms with Gasteiger partial charge >= 0.3 is 6.18 Å². The number of halogens is 3. The molecular formula is C24H19F3N4O2. The molecule has 9 heteroatoms. The average molecular weight is 452 g/mol. The molecule has 0 radical (unpaired) electrons. The lowest BCUT2D eigenvalue weighted by Gasteiger charge is -2.12. The van der Waals surface area contributed by atoms with Crippen molar-refractivity contribution in [2.75, 3.05) is 17.2 Å². The number of pyridine rings is 1. The molecule has 3 aromatic rings. The number of carbonyl (C=O) groups is 2. The maximum absolute atomic E-state index is 12.9. The van der Waals surface area contributed by atoms with Gasteiger partial charge in [-0.25, -0.2) is 0 Å². The first-order valence-electron chi connectivity index (χ1n) is 9.72. The Balaban J connectivity index is 1.78. The molecule has 0 spiro atoms. The van der Waals surface area contributed by atoms with Crippen LogP contribution in [0.25, 0.3) is 0 Å². The number of anilines is 2. The predicted octanol–water partition coefficient (Wildman–Crippen LogP) is 4.22. The van der Waals surface area contributed by atoms with Crippen LogP contribution in [-0.4, -0.2) is 23.3 Å². The predicted molar refractivity (Wildman–Crippen MR) is 119 cm³/mol. The molecule has 1 heterocycles. The van der Waals surface area contributed by atoms with Crippen molar-refractivity contribution in [1.29, 1.82) is 0 Å². The normalized spacial score (nSPS) is 10.7. The van der Waals surface area contributed by atoms with Crippen LogP contribution in [0.3, 0.4) is 0 Å². The van der Waals surface area contributed by atoms with E-state index >= 15 is 0 Å². The first-order valence-corrected chi connectivity index (χ1v) is 9.72. The zero-order valence-electron chi connectivity index (χ0n) is 17.5. The minimum absolute atomic E-state index is 0.155. The third kappa shape index (κ3) is 6.18. The summed E-state index contributed by atoms with van der Waals surface area (Å²) in [5, 5.41) is 5.24. The van der Waals surface area contributed by atoms with E-state index in [1.807, 2.05) is 0 Å². The van der Waals surface area contributed by atoms with E-state index in [-0.39, 0.29) is 23.4 Å². The van der Waals surface area contributed by atoms with E-state index in [1.165, 1.54) is 24.5 Å². The lowest BCUT2D eigenvalue weighted by atomic mass is 10.1. The topological polar surface area (TPSA) is 97.1 Å². The summed E-state index contributed by atoms with van der Waals surface area (Å²) in [5.41, 5.74) is 6.44. The summed E-state index contributed by atoms with van der Waals surface area (Å²) in [5.74, 6) is 4.34. The number of benzene rings is 2. The summed E-state index contributed by atoms with van der Waals surface area (Å²) >= 11 is 0. The van der Waals surface area contributed by atoms with E-state index in [0.717, 1.165) is 18.2 Å². The second-order valence-corrected chi connectivity index (χ2v) is 6.98. The van der Waals surface area contributed by atoms with Gasteiger partial charge in [-0.2, -0.15) is 13.2 Å². The Morgan fingerprint density at radius 3 is 2.48 bits per heavy atom. The molecule has 0 saturated heterocycles. The van der Waals surface area contributed by atoms with E-state index in [0.29, 0.717) is 16.8 Å². The second kappa shape index (κ2) is 9.97. The van der Waals surface area contributed by atoms with Gasteiger partial charge in [-0.3, -0.25) is 14.6 Å². The Kier molecular flexibility index (Phi) is 7.10. The van der Waals surface area contributed by atoms with Crippen LogP contribution in [0.4, 0.5) is 24.5 Å². The zero-order valence-corrected chi connectivity index (χ0v) is 17.5. The number of aromatic nitrogens is 1. The summed E-state index contributed by atoms with van der Waals surface area (Å²) in [6, 6.07) is 10.4. The summed E-state index contributed by atoms with van der Waals surface area (Å²) in [7, 11) is 0. The highest BCUT2D eigenvalue weighted by Crippen LogP contribution is 2.29. The number of nitrogens with two attached hydrogens (primary N) is 1. The highest BCUT2D eigenvalue weighted by atomic mass is 19.4. The number of aryl methyl sites for hydroxylation is 1. The molecule has 6 nitrogen and oxygen atoms in total. The minimum Gasteiger partial charge on any atom is -0.322 e. The number of hydrogen-bond acceptors (Lipinski definition) is 4. The van der Waals surface area contributed by atoms with Gasteiger partial charge in [-0.15, -0.1) is 0 Å². The Bertz CT molecular complexity index is 1260. The van der Waals surface area contributed by atoms with Crippen molar-refractivity contribution >= 4 is 23.2 Å². The summed E-state index contributed by atoms with van der Waals surface area (Å²) in [6.07, 6.45) is -1.57. The quantitative estimate of drug-likeness (QED) is 0.517. The fourth-order valence-electron chi connectivity index (χ4n) is 2.91. The van der Waals surface area contributed by atoms with Crippen LogP contribution in [0.15, 0.2) is 60.9 Å². The third-order valence-corrected chi connectivity index (χ3v) is 4.52. The number of nitrogens with one attached hydrogen (secondary N) is 2. The highest BCUT2D eigenvalue weighted by molar-refractivity contribution is 6.08. The molecule has 4 N–H and O–H groups in total. The van der Waals surface area contributed by atoms with Gasteiger partial charge in [0, 0.05) is 28.6 Å². The van der Waals surface area contributed by atoms with Crippen LogP contribution in [0, 0.1) is 18.8 Å². The zero-order chi connectivity index (χ0) is 24.0. The fraction of sp³-hybridized carbons (Fsp3) is 0.125. The molecule has 0 aliphatic carbocycles. The lowest BCUT2D eigenvalue weighted by Crippen LogP contribution is -2.16. The average Bonchev–Trinajstić information content (AvgIpc) is 2.78. The molecule has 33 heavy (non-hydrogen) atoms. The summed E-state index contributed by atoms with van der Waals surface area (Å²) in [6.45, 7) is 1.91. The molecule has 0 unspecified atom stereocenters. The van der Waals surface area contributed by atoms with Crippen molar-refractivity contribution in [3.05, 3.63) is 88.7 Å². The van der Waals surface area contributed by atoms with E-state index in [9.17, 15) is 22.8 Å². The first kappa shape index (κ1) is 23.5. The SMILES string of the molecule is Cc1ccc(NC(=O)c2cccc(C(F)(F)F)c2)cc1C(=O)Nc1cncc(C#CCN)c1. The maximum atomic E-state index is 12.9. The number of alkyl halides is 3. The Morgan fingerprint density at radius 2 is 1.76 bits per heavy atom. The van der Waals surface area contributed by atoms with Gasteiger partial charge in [0.2, 0.25) is 0 Å². The van der Waals surface area contributed by atoms with Crippen molar-refractivity contribution in [2.24, 2.45) is 5.73 Å². The Morgan fingerprint density at radius 1 is 1.00 bits per heavy atom. The number of rotatable bonds is 4. The van der Waals surface area contributed by atoms with Crippen LogP contribution in [0.1, 0.15) is 37.4 Å². The van der Waals surface area contributed by atoms with Crippen LogP contribution >= 0.6 is 0 Å². The molecule has 1 aromatic heterocycles. The maximum Gasteiger partial charge on any atom is 0.416 e. The van der Waals surface area contributed by atoms with Gasteiger partial charge in [0.05, 0.1) is 24.0 Å². The van der Waals surface area contributed by atoms with E-state index in [4.69, 9.17) is 5.73 Å². The summed E-state index contributed by atoms with van der Waals surface area (Å²) < 4.78 is 38.7.